The zero-order chi connectivity index (χ0) is 28.9. The van der Waals surface area contributed by atoms with Gasteiger partial charge in [0.05, 0.1) is 64.4 Å². The predicted octanol–water partition coefficient (Wildman–Crippen LogP) is 1.94. The number of nitrogens with one attached hydrogen (secondary N) is 1. The largest absolute Gasteiger partial charge is 0.550 e. The molecule has 1 rings (SSSR count). The molecule has 0 heterocycles. The molecule has 0 unspecified atom stereocenters. The van der Waals surface area contributed by atoms with E-state index >= 15 is 0 Å². The van der Waals surface area contributed by atoms with E-state index in [0.717, 1.165) is 0 Å². The summed E-state index contributed by atoms with van der Waals surface area (Å²) in [6, 6.07) is 7.02. The van der Waals surface area contributed by atoms with E-state index in [2.05, 4.69) is 55.4 Å². The average molecular weight is 526 g/mol. The quantitative estimate of drug-likeness (QED) is 0.371. The number of nitrogens with zero attached hydrogens (tertiary/aromatic N) is 2. The molecule has 0 radical (unpaired) electrons. The van der Waals surface area contributed by atoms with E-state index in [-0.39, 0.29) is 6.61 Å². The molecular formula is C28H51N3O6. The Morgan fingerprint density at radius 1 is 0.730 bits per heavy atom. The van der Waals surface area contributed by atoms with Gasteiger partial charge in [0.15, 0.2) is 0 Å². The Morgan fingerprint density at radius 2 is 1.11 bits per heavy atom. The molecule has 0 saturated heterocycles. The van der Waals surface area contributed by atoms with Gasteiger partial charge in [0, 0.05) is 12.4 Å². The highest BCUT2D eigenvalue weighted by molar-refractivity contribution is 5.82. The first-order valence-electron chi connectivity index (χ1n) is 13.6. The first kappa shape index (κ1) is 36.5. The number of quaternary nitrogens is 2. The fraction of sp³-hybridized carbons (Fsp3) is 0.679. The van der Waals surface area contributed by atoms with Crippen molar-refractivity contribution in [1.82, 2.24) is 5.32 Å². The first-order chi connectivity index (χ1) is 17.5. The fourth-order valence-corrected chi connectivity index (χ4v) is 3.95. The van der Waals surface area contributed by atoms with E-state index in [4.69, 9.17) is 4.74 Å². The zero-order valence-electron chi connectivity index (χ0n) is 24.4. The highest BCUT2D eigenvalue weighted by Crippen LogP contribution is 2.04. The normalized spacial score (nSPS) is 11.7. The minimum absolute atomic E-state index is 0.0578. The minimum atomic E-state index is -1.72. The minimum Gasteiger partial charge on any atom is -0.550 e. The Kier molecular flexibility index (Phi) is 20.1. The number of carbonyl (C=O) groups is 3. The van der Waals surface area contributed by atoms with E-state index in [1.54, 1.807) is 30.3 Å². The Morgan fingerprint density at radius 3 is 1.38 bits per heavy atom. The second kappa shape index (κ2) is 20.4. The van der Waals surface area contributed by atoms with E-state index < -0.39 is 30.5 Å². The molecule has 0 aliphatic rings. The van der Waals surface area contributed by atoms with Gasteiger partial charge in [0.1, 0.15) is 6.61 Å². The average Bonchev–Trinajstić information content (AvgIpc) is 2.91. The van der Waals surface area contributed by atoms with Crippen LogP contribution in [0.2, 0.25) is 0 Å². The van der Waals surface area contributed by atoms with E-state index in [1.165, 1.54) is 61.3 Å². The number of ether oxygens (including phenoxy) is 1. The summed E-state index contributed by atoms with van der Waals surface area (Å²) in [6.45, 7) is 28.4. The molecule has 9 heteroatoms. The molecule has 0 aliphatic carbocycles. The molecule has 0 aliphatic heterocycles. The van der Waals surface area contributed by atoms with Crippen molar-refractivity contribution in [3.8, 4) is 0 Å². The highest BCUT2D eigenvalue weighted by Gasteiger charge is 2.17. The molecule has 214 valence electrons. The van der Waals surface area contributed by atoms with Gasteiger partial charge in [-0.05, 0) is 61.0 Å². The molecule has 1 atom stereocenters. The summed E-state index contributed by atoms with van der Waals surface area (Å²) in [5.74, 6) is -3.33. The van der Waals surface area contributed by atoms with Gasteiger partial charge in [0.2, 0.25) is 0 Å². The van der Waals surface area contributed by atoms with Gasteiger partial charge in [-0.2, -0.15) is 0 Å². The third-order valence-corrected chi connectivity index (χ3v) is 7.53. The number of rotatable bonds is 14. The maximum atomic E-state index is 11.3. The monoisotopic (exact) mass is 525 g/mol. The van der Waals surface area contributed by atoms with Crippen LogP contribution in [-0.4, -0.2) is 85.4 Å². The second-order valence-electron chi connectivity index (χ2n) is 8.87. The van der Waals surface area contributed by atoms with Gasteiger partial charge in [-0.25, -0.2) is 4.79 Å². The van der Waals surface area contributed by atoms with Crippen LogP contribution >= 0.6 is 0 Å². The molecule has 0 spiro atoms. The number of amides is 1. The SMILES string of the molecule is CC[N+](CC)(CC)CC.CC[N+](CC)(CC)CC.O=C([O-])C[C@H](NC(=O)OCc1ccccc1)C(=O)[O-]. The Bertz CT molecular complexity index is 695. The number of carbonyl (C=O) groups excluding carboxylic acids is 3. The van der Waals surface area contributed by atoms with Crippen molar-refractivity contribution in [2.45, 2.75) is 74.5 Å². The topological polar surface area (TPSA) is 119 Å². The number of hydrogen-bond donors (Lipinski definition) is 1. The van der Waals surface area contributed by atoms with Gasteiger partial charge in [0.25, 0.3) is 0 Å². The summed E-state index contributed by atoms with van der Waals surface area (Å²) < 4.78 is 7.29. The molecule has 1 amide bonds. The van der Waals surface area contributed by atoms with Crippen LogP contribution in [0.3, 0.4) is 0 Å². The first-order valence-corrected chi connectivity index (χ1v) is 13.6. The lowest BCUT2D eigenvalue weighted by molar-refractivity contribution is -0.921. The molecule has 0 aromatic heterocycles. The number of alkyl carbamates (subject to hydrolysis) is 1. The number of carboxylic acids is 2. The molecule has 0 saturated carbocycles. The van der Waals surface area contributed by atoms with Crippen molar-refractivity contribution in [1.29, 1.82) is 0 Å². The molecule has 0 fully saturated rings. The fourth-order valence-electron chi connectivity index (χ4n) is 3.95. The van der Waals surface area contributed by atoms with Crippen molar-refractivity contribution >= 4 is 18.0 Å². The number of carboxylic acid groups (broad SMARTS) is 2. The number of hydrogen-bond acceptors (Lipinski definition) is 6. The van der Waals surface area contributed by atoms with Gasteiger partial charge >= 0.3 is 6.09 Å². The van der Waals surface area contributed by atoms with Crippen LogP contribution in [0.25, 0.3) is 0 Å². The standard InChI is InChI=1S/C12H13NO6.2C8H20N/c14-10(15)6-9(11(16)17)13-12(18)19-7-8-4-2-1-3-5-8;2*1-5-9(6-2,7-3)8-4/h1-5,9H,6-7H2,(H,13,18)(H,14,15)(H,16,17);2*5-8H2,1-4H3/q;2*+1/p-2/t9-;;/m0../s1. The third-order valence-electron chi connectivity index (χ3n) is 7.53. The maximum absolute atomic E-state index is 11.3. The van der Waals surface area contributed by atoms with Crippen molar-refractivity contribution in [3.05, 3.63) is 35.9 Å². The lowest BCUT2D eigenvalue weighted by Crippen LogP contribution is -2.50. The van der Waals surface area contributed by atoms with E-state index in [9.17, 15) is 24.6 Å². The Labute approximate surface area is 224 Å². The highest BCUT2D eigenvalue weighted by atomic mass is 16.5. The Hall–Kier alpha value is -2.65. The van der Waals surface area contributed by atoms with Crippen LogP contribution in [0.4, 0.5) is 4.79 Å². The molecule has 1 N–H and O–H groups in total. The smallest absolute Gasteiger partial charge is 0.408 e. The van der Waals surface area contributed by atoms with Gasteiger partial charge in [-0.15, -0.1) is 0 Å². The molecule has 1 aromatic rings. The molecule has 0 bridgehead atoms. The van der Waals surface area contributed by atoms with Crippen LogP contribution in [0, 0.1) is 0 Å². The van der Waals surface area contributed by atoms with Crippen LogP contribution < -0.4 is 15.5 Å². The van der Waals surface area contributed by atoms with E-state index in [0.29, 0.717) is 5.56 Å². The summed E-state index contributed by atoms with van der Waals surface area (Å²) in [7, 11) is 0. The lowest BCUT2D eigenvalue weighted by Gasteiger charge is -2.34. The number of aliphatic carboxylic acids is 2. The van der Waals surface area contributed by atoms with Crippen LogP contribution in [0.15, 0.2) is 30.3 Å². The lowest BCUT2D eigenvalue weighted by atomic mass is 10.2. The van der Waals surface area contributed by atoms with Gasteiger partial charge in [-0.3, -0.25) is 0 Å². The summed E-state index contributed by atoms with van der Waals surface area (Å²) in [6.07, 6.45) is -1.93. The number of benzene rings is 1. The van der Waals surface area contributed by atoms with Crippen LogP contribution in [-0.2, 0) is 20.9 Å². The van der Waals surface area contributed by atoms with Crippen molar-refractivity contribution in [2.24, 2.45) is 0 Å². The molecule has 37 heavy (non-hydrogen) atoms. The van der Waals surface area contributed by atoms with Gasteiger partial charge in [-0.1, -0.05) is 30.3 Å². The van der Waals surface area contributed by atoms with Crippen LogP contribution in [0.1, 0.15) is 67.4 Å². The van der Waals surface area contributed by atoms with E-state index in [1.807, 2.05) is 5.32 Å². The summed E-state index contributed by atoms with van der Waals surface area (Å²) in [5.41, 5.74) is 0.711. The maximum Gasteiger partial charge on any atom is 0.408 e. The second-order valence-corrected chi connectivity index (χ2v) is 8.87. The van der Waals surface area contributed by atoms with Crippen molar-refractivity contribution in [2.75, 3.05) is 52.4 Å². The summed E-state index contributed by atoms with van der Waals surface area (Å²) in [5, 5.41) is 22.7. The summed E-state index contributed by atoms with van der Waals surface area (Å²) >= 11 is 0. The van der Waals surface area contributed by atoms with Crippen molar-refractivity contribution in [3.63, 3.8) is 0 Å². The molecular weight excluding hydrogens is 474 g/mol. The molecule has 1 aromatic carbocycles. The Balaban J connectivity index is 0. The molecule has 9 nitrogen and oxygen atoms in total. The predicted molar refractivity (Wildman–Crippen MR) is 143 cm³/mol. The van der Waals surface area contributed by atoms with Crippen LogP contribution in [0.5, 0.6) is 0 Å². The van der Waals surface area contributed by atoms with Crippen molar-refractivity contribution < 1.29 is 38.3 Å². The van der Waals surface area contributed by atoms with Gasteiger partial charge < -0.3 is 38.8 Å². The zero-order valence-corrected chi connectivity index (χ0v) is 24.4. The third kappa shape index (κ3) is 15.3. The summed E-state index contributed by atoms with van der Waals surface area (Å²) in [4.78, 5) is 32.1.